The normalized spacial score (nSPS) is 20.2. The Morgan fingerprint density at radius 1 is 1.04 bits per heavy atom. The zero-order chi connectivity index (χ0) is 16.7. The van der Waals surface area contributed by atoms with Crippen LogP contribution in [-0.2, 0) is 0 Å². The Morgan fingerprint density at radius 3 is 2.84 bits per heavy atom. The molecule has 120 valence electrons. The minimum atomic E-state index is -0.0611. The Labute approximate surface area is 150 Å². The predicted octanol–water partition coefficient (Wildman–Crippen LogP) is 3.40. The van der Waals surface area contributed by atoms with Crippen molar-refractivity contribution in [2.24, 2.45) is 0 Å². The molecule has 0 spiro atoms. The number of pyridine rings is 1. The number of nitrogens with one attached hydrogen (secondary N) is 1. The standard InChI is InChI=1S/C19H11BrN4O/c20-10-5-6-13-9(7-10)8-12-17(21-13)23-18-16-15(22-16)11-3-1-2-4-14(11)24(18)19(12)25/h1-8,15-16,22H. The van der Waals surface area contributed by atoms with E-state index in [1.165, 1.54) is 0 Å². The van der Waals surface area contributed by atoms with Crippen LogP contribution in [0, 0.1) is 0 Å². The summed E-state index contributed by atoms with van der Waals surface area (Å²) in [7, 11) is 0. The van der Waals surface area contributed by atoms with Crippen LogP contribution in [0.15, 0.2) is 57.8 Å². The van der Waals surface area contributed by atoms with Crippen LogP contribution in [0.1, 0.15) is 23.5 Å². The molecule has 25 heavy (non-hydrogen) atoms. The topological polar surface area (TPSA) is 69.7 Å². The maximum Gasteiger partial charge on any atom is 0.267 e. The minimum Gasteiger partial charge on any atom is -0.297 e. The molecule has 2 atom stereocenters. The van der Waals surface area contributed by atoms with Gasteiger partial charge in [-0.25, -0.2) is 9.97 Å². The van der Waals surface area contributed by atoms with E-state index in [0.717, 1.165) is 32.5 Å². The molecule has 4 heterocycles. The third kappa shape index (κ3) is 1.78. The SMILES string of the molecule is O=c1c2cc3cc(Br)ccc3nc2nc2n1-c1ccccc1C1NC21. The molecule has 0 amide bonds. The first-order valence-electron chi connectivity index (χ1n) is 8.09. The highest BCUT2D eigenvalue weighted by Gasteiger charge is 2.47. The van der Waals surface area contributed by atoms with Crippen LogP contribution < -0.4 is 10.9 Å². The summed E-state index contributed by atoms with van der Waals surface area (Å²) < 4.78 is 2.70. The van der Waals surface area contributed by atoms with Crippen LogP contribution >= 0.6 is 15.9 Å². The molecule has 0 bridgehead atoms. The van der Waals surface area contributed by atoms with Gasteiger partial charge in [-0.2, -0.15) is 0 Å². The molecule has 2 aliphatic heterocycles. The monoisotopic (exact) mass is 390 g/mol. The van der Waals surface area contributed by atoms with E-state index in [-0.39, 0.29) is 17.6 Å². The summed E-state index contributed by atoms with van der Waals surface area (Å²) in [5, 5.41) is 4.89. The second-order valence-electron chi connectivity index (χ2n) is 6.49. The number of fused-ring (bicyclic) bond motifs is 8. The van der Waals surface area contributed by atoms with Crippen molar-refractivity contribution in [1.29, 1.82) is 0 Å². The number of hydrogen-bond donors (Lipinski definition) is 1. The van der Waals surface area contributed by atoms with Crippen molar-refractivity contribution in [3.8, 4) is 5.69 Å². The van der Waals surface area contributed by atoms with Crippen LogP contribution in [0.5, 0.6) is 0 Å². The van der Waals surface area contributed by atoms with Gasteiger partial charge in [-0.05, 0) is 35.9 Å². The number of benzene rings is 2. The summed E-state index contributed by atoms with van der Waals surface area (Å²) in [5.41, 5.74) is 3.35. The number of para-hydroxylation sites is 1. The number of nitrogens with zero attached hydrogens (tertiary/aromatic N) is 3. The number of aromatic nitrogens is 3. The maximum atomic E-state index is 13.3. The molecule has 1 fully saturated rings. The summed E-state index contributed by atoms with van der Waals surface area (Å²) in [6.07, 6.45) is 0. The molecule has 2 aromatic heterocycles. The zero-order valence-electron chi connectivity index (χ0n) is 12.9. The Morgan fingerprint density at radius 2 is 1.92 bits per heavy atom. The van der Waals surface area contributed by atoms with Gasteiger partial charge in [-0.3, -0.25) is 14.7 Å². The van der Waals surface area contributed by atoms with E-state index in [0.29, 0.717) is 11.0 Å². The zero-order valence-corrected chi connectivity index (χ0v) is 14.5. The largest absolute Gasteiger partial charge is 0.297 e. The third-order valence-corrected chi connectivity index (χ3v) is 5.51. The van der Waals surface area contributed by atoms with Gasteiger partial charge in [-0.15, -0.1) is 0 Å². The molecule has 6 heteroatoms. The number of rotatable bonds is 0. The summed E-state index contributed by atoms with van der Waals surface area (Å²) >= 11 is 3.47. The summed E-state index contributed by atoms with van der Waals surface area (Å²) in [4.78, 5) is 22.6. The highest BCUT2D eigenvalue weighted by molar-refractivity contribution is 9.10. The molecule has 5 nitrogen and oxygen atoms in total. The fourth-order valence-corrected chi connectivity index (χ4v) is 4.17. The fourth-order valence-electron chi connectivity index (χ4n) is 3.79. The van der Waals surface area contributed by atoms with Gasteiger partial charge in [-0.1, -0.05) is 34.1 Å². The van der Waals surface area contributed by atoms with E-state index >= 15 is 0 Å². The molecule has 4 aromatic rings. The van der Waals surface area contributed by atoms with Gasteiger partial charge in [0.15, 0.2) is 5.65 Å². The number of hydrogen-bond acceptors (Lipinski definition) is 4. The van der Waals surface area contributed by atoms with Crippen LogP contribution in [-0.4, -0.2) is 14.5 Å². The van der Waals surface area contributed by atoms with Crippen molar-refractivity contribution in [3.63, 3.8) is 0 Å². The lowest BCUT2D eigenvalue weighted by Gasteiger charge is -2.19. The summed E-state index contributed by atoms with van der Waals surface area (Å²) in [6, 6.07) is 16.1. The van der Waals surface area contributed by atoms with E-state index < -0.39 is 0 Å². The molecule has 2 unspecified atom stereocenters. The van der Waals surface area contributed by atoms with Crippen molar-refractivity contribution in [3.05, 3.63) is 74.7 Å². The fraction of sp³-hybridized carbons (Fsp3) is 0.105. The highest BCUT2D eigenvalue weighted by atomic mass is 79.9. The maximum absolute atomic E-state index is 13.3. The Bertz CT molecular complexity index is 1280. The molecule has 2 aromatic carbocycles. The van der Waals surface area contributed by atoms with Gasteiger partial charge in [0.05, 0.1) is 28.7 Å². The van der Waals surface area contributed by atoms with E-state index in [4.69, 9.17) is 4.98 Å². The van der Waals surface area contributed by atoms with E-state index in [1.807, 2.05) is 42.5 Å². The molecule has 0 saturated carbocycles. The van der Waals surface area contributed by atoms with E-state index in [1.54, 1.807) is 4.57 Å². The Kier molecular flexibility index (Phi) is 2.48. The molecule has 2 aliphatic rings. The van der Waals surface area contributed by atoms with Crippen molar-refractivity contribution in [1.82, 2.24) is 19.9 Å². The van der Waals surface area contributed by atoms with Crippen LogP contribution in [0.3, 0.4) is 0 Å². The molecule has 1 saturated heterocycles. The molecular formula is C19H11BrN4O. The van der Waals surface area contributed by atoms with Gasteiger partial charge in [0, 0.05) is 9.86 Å². The number of halogens is 1. The first-order chi connectivity index (χ1) is 12.2. The Balaban J connectivity index is 1.76. The van der Waals surface area contributed by atoms with Gasteiger partial charge in [0.2, 0.25) is 0 Å². The average Bonchev–Trinajstić information content (AvgIpc) is 3.42. The lowest BCUT2D eigenvalue weighted by Crippen LogP contribution is -2.27. The smallest absolute Gasteiger partial charge is 0.267 e. The molecular weight excluding hydrogens is 380 g/mol. The van der Waals surface area contributed by atoms with Crippen LogP contribution in [0.2, 0.25) is 0 Å². The third-order valence-electron chi connectivity index (χ3n) is 5.01. The van der Waals surface area contributed by atoms with Crippen molar-refractivity contribution >= 4 is 37.9 Å². The second-order valence-corrected chi connectivity index (χ2v) is 7.40. The first-order valence-corrected chi connectivity index (χ1v) is 8.88. The molecule has 1 N–H and O–H groups in total. The van der Waals surface area contributed by atoms with Crippen molar-refractivity contribution in [2.45, 2.75) is 12.1 Å². The van der Waals surface area contributed by atoms with Gasteiger partial charge in [0.1, 0.15) is 5.82 Å². The highest BCUT2D eigenvalue weighted by Crippen LogP contribution is 2.47. The summed E-state index contributed by atoms with van der Waals surface area (Å²) in [6.45, 7) is 0. The quantitative estimate of drug-likeness (QED) is 0.369. The average molecular weight is 391 g/mol. The lowest BCUT2D eigenvalue weighted by atomic mass is 10.0. The summed E-state index contributed by atoms with van der Waals surface area (Å²) in [5.74, 6) is 0.755. The molecule has 6 rings (SSSR count). The lowest BCUT2D eigenvalue weighted by molar-refractivity contribution is 0.764. The van der Waals surface area contributed by atoms with Crippen molar-refractivity contribution < 1.29 is 0 Å². The second kappa shape index (κ2) is 4.53. The predicted molar refractivity (Wildman–Crippen MR) is 99.0 cm³/mol. The molecule has 0 radical (unpaired) electrons. The van der Waals surface area contributed by atoms with Gasteiger partial charge < -0.3 is 0 Å². The van der Waals surface area contributed by atoms with Gasteiger partial charge in [0.25, 0.3) is 5.56 Å². The van der Waals surface area contributed by atoms with E-state index in [9.17, 15) is 4.79 Å². The minimum absolute atomic E-state index is 0.0611. The van der Waals surface area contributed by atoms with Gasteiger partial charge >= 0.3 is 0 Å². The van der Waals surface area contributed by atoms with Crippen LogP contribution in [0.25, 0.3) is 27.6 Å². The van der Waals surface area contributed by atoms with Crippen LogP contribution in [0.4, 0.5) is 0 Å². The van der Waals surface area contributed by atoms with E-state index in [2.05, 4.69) is 32.3 Å². The Hall–Kier alpha value is -2.57. The molecule has 0 aliphatic carbocycles. The first kappa shape index (κ1) is 13.7. The van der Waals surface area contributed by atoms with Crippen molar-refractivity contribution in [2.75, 3.05) is 0 Å².